The van der Waals surface area contributed by atoms with E-state index in [1.54, 1.807) is 16.9 Å². The first-order valence-electron chi connectivity index (χ1n) is 4.98. The third-order valence-corrected chi connectivity index (χ3v) is 2.90. The zero-order chi connectivity index (χ0) is 12.6. The zero-order valence-electron chi connectivity index (χ0n) is 9.44. The highest BCUT2D eigenvalue weighted by atomic mass is 35.5. The lowest BCUT2D eigenvalue weighted by atomic mass is 10.2. The van der Waals surface area contributed by atoms with E-state index >= 15 is 0 Å². The molecular weight excluding hydrogens is 256 g/mol. The Morgan fingerprint density at radius 3 is 2.65 bits per heavy atom. The van der Waals surface area contributed by atoms with Crippen molar-refractivity contribution in [1.82, 2.24) is 14.8 Å². The van der Waals surface area contributed by atoms with E-state index in [2.05, 4.69) is 10.1 Å². The zero-order valence-corrected chi connectivity index (χ0v) is 11.0. The summed E-state index contributed by atoms with van der Waals surface area (Å²) < 4.78 is 1.62. The number of hydrogen-bond donors (Lipinski definition) is 1. The quantitative estimate of drug-likeness (QED) is 0.847. The van der Waals surface area contributed by atoms with Crippen LogP contribution in [0.1, 0.15) is 17.0 Å². The summed E-state index contributed by atoms with van der Waals surface area (Å²) in [5, 5.41) is 4.86. The fourth-order valence-electron chi connectivity index (χ4n) is 1.47. The van der Waals surface area contributed by atoms with E-state index in [-0.39, 0.29) is 0 Å². The molecule has 0 amide bonds. The van der Waals surface area contributed by atoms with Crippen LogP contribution in [-0.2, 0) is 0 Å². The van der Waals surface area contributed by atoms with Crippen molar-refractivity contribution in [1.29, 1.82) is 0 Å². The van der Waals surface area contributed by atoms with Gasteiger partial charge in [-0.15, -0.1) is 0 Å². The molecule has 4 nitrogen and oxygen atoms in total. The Morgan fingerprint density at radius 1 is 1.41 bits per heavy atom. The molecule has 0 spiro atoms. The predicted molar refractivity (Wildman–Crippen MR) is 71.7 cm³/mol. The van der Waals surface area contributed by atoms with Gasteiger partial charge < -0.3 is 5.73 Å². The van der Waals surface area contributed by atoms with E-state index in [1.165, 1.54) is 0 Å². The van der Waals surface area contributed by atoms with E-state index < -0.39 is 0 Å². The lowest BCUT2D eigenvalue weighted by molar-refractivity contribution is 0.826. The molecule has 0 aliphatic heterocycles. The van der Waals surface area contributed by atoms with Crippen molar-refractivity contribution in [3.63, 3.8) is 0 Å². The van der Waals surface area contributed by atoms with Crippen molar-refractivity contribution in [3.8, 4) is 5.82 Å². The van der Waals surface area contributed by atoms with Crippen LogP contribution in [0, 0.1) is 13.8 Å². The van der Waals surface area contributed by atoms with Crippen molar-refractivity contribution in [2.75, 3.05) is 0 Å². The van der Waals surface area contributed by atoms with Crippen LogP contribution in [0.15, 0.2) is 18.3 Å². The number of nitrogens with two attached hydrogens (primary N) is 1. The molecule has 0 aromatic carbocycles. The van der Waals surface area contributed by atoms with Gasteiger partial charge in [0, 0.05) is 11.3 Å². The van der Waals surface area contributed by atoms with Crippen molar-refractivity contribution >= 4 is 28.8 Å². The lowest BCUT2D eigenvalue weighted by Gasteiger charge is -2.05. The number of pyridine rings is 1. The standard InChI is InChI=1S/C11H11ClN4S/c1-6-3-8(11(13)17)4-10(14-6)16-5-9(12)7(2)15-16/h3-5H,1-2H3,(H2,13,17). The SMILES string of the molecule is Cc1cc(C(N)=S)cc(-n2cc(Cl)c(C)n2)n1. The van der Waals surface area contributed by atoms with Gasteiger partial charge in [-0.25, -0.2) is 9.67 Å². The number of nitrogens with zero attached hydrogens (tertiary/aromatic N) is 3. The average molecular weight is 267 g/mol. The molecule has 0 atom stereocenters. The molecule has 0 saturated carbocycles. The summed E-state index contributed by atoms with van der Waals surface area (Å²) in [4.78, 5) is 4.71. The Bertz CT molecular complexity index is 572. The largest absolute Gasteiger partial charge is 0.389 e. The maximum absolute atomic E-state index is 5.96. The minimum absolute atomic E-state index is 0.340. The molecule has 0 radical (unpaired) electrons. The molecule has 0 saturated heterocycles. The minimum Gasteiger partial charge on any atom is -0.389 e. The van der Waals surface area contributed by atoms with Gasteiger partial charge in [0.2, 0.25) is 0 Å². The molecule has 6 heteroatoms. The predicted octanol–water partition coefficient (Wildman–Crippen LogP) is 2.17. The van der Waals surface area contributed by atoms with Gasteiger partial charge in [-0.1, -0.05) is 23.8 Å². The summed E-state index contributed by atoms with van der Waals surface area (Å²) >= 11 is 10.9. The number of halogens is 1. The monoisotopic (exact) mass is 266 g/mol. The lowest BCUT2D eigenvalue weighted by Crippen LogP contribution is -2.11. The van der Waals surface area contributed by atoms with Gasteiger partial charge in [-0.3, -0.25) is 0 Å². The maximum Gasteiger partial charge on any atom is 0.154 e. The molecule has 2 aromatic heterocycles. The summed E-state index contributed by atoms with van der Waals surface area (Å²) in [5.41, 5.74) is 7.97. The van der Waals surface area contributed by atoms with Crippen LogP contribution in [-0.4, -0.2) is 19.8 Å². The summed E-state index contributed by atoms with van der Waals surface area (Å²) in [6, 6.07) is 3.63. The summed E-state index contributed by atoms with van der Waals surface area (Å²) in [5.74, 6) is 0.655. The highest BCUT2D eigenvalue weighted by molar-refractivity contribution is 7.80. The highest BCUT2D eigenvalue weighted by Gasteiger charge is 2.08. The van der Waals surface area contributed by atoms with Crippen LogP contribution in [0.4, 0.5) is 0 Å². The molecule has 88 valence electrons. The molecule has 0 fully saturated rings. The Labute approximate surface area is 109 Å². The second kappa shape index (κ2) is 4.43. The Kier molecular flexibility index (Phi) is 3.13. The van der Waals surface area contributed by atoms with Crippen LogP contribution in [0.2, 0.25) is 5.02 Å². The van der Waals surface area contributed by atoms with E-state index in [0.29, 0.717) is 15.8 Å². The van der Waals surface area contributed by atoms with Crippen LogP contribution in [0.25, 0.3) is 5.82 Å². The fourth-order valence-corrected chi connectivity index (χ4v) is 1.72. The van der Waals surface area contributed by atoms with Gasteiger partial charge in [0.25, 0.3) is 0 Å². The molecule has 17 heavy (non-hydrogen) atoms. The molecule has 2 aromatic rings. The first-order valence-corrected chi connectivity index (χ1v) is 5.76. The van der Waals surface area contributed by atoms with Gasteiger partial charge in [-0.2, -0.15) is 5.10 Å². The normalized spacial score (nSPS) is 10.5. The summed E-state index contributed by atoms with van der Waals surface area (Å²) in [7, 11) is 0. The van der Waals surface area contributed by atoms with Crippen LogP contribution in [0.3, 0.4) is 0 Å². The van der Waals surface area contributed by atoms with Gasteiger partial charge in [0.1, 0.15) is 4.99 Å². The topological polar surface area (TPSA) is 56.7 Å². The summed E-state index contributed by atoms with van der Waals surface area (Å²) in [6.07, 6.45) is 1.71. The van der Waals surface area contributed by atoms with Gasteiger partial charge in [0.05, 0.1) is 16.9 Å². The highest BCUT2D eigenvalue weighted by Crippen LogP contribution is 2.16. The molecule has 2 N–H and O–H groups in total. The van der Waals surface area contributed by atoms with Crippen molar-refractivity contribution in [3.05, 3.63) is 40.3 Å². The number of rotatable bonds is 2. The molecule has 2 heterocycles. The molecule has 0 aliphatic rings. The average Bonchev–Trinajstić information content (AvgIpc) is 2.58. The fraction of sp³-hybridized carbons (Fsp3) is 0.182. The third kappa shape index (κ3) is 2.45. The van der Waals surface area contributed by atoms with Crippen LogP contribution >= 0.6 is 23.8 Å². The minimum atomic E-state index is 0.340. The molecule has 2 rings (SSSR count). The van der Waals surface area contributed by atoms with Gasteiger partial charge in [-0.05, 0) is 26.0 Å². The number of thiocarbonyl (C=S) groups is 1. The van der Waals surface area contributed by atoms with E-state index in [0.717, 1.165) is 17.0 Å². The van der Waals surface area contributed by atoms with E-state index in [1.807, 2.05) is 19.9 Å². The molecule has 0 aliphatic carbocycles. The molecule has 0 unspecified atom stereocenters. The third-order valence-electron chi connectivity index (χ3n) is 2.30. The number of hydrogen-bond acceptors (Lipinski definition) is 3. The number of aryl methyl sites for hydroxylation is 2. The summed E-state index contributed by atoms with van der Waals surface area (Å²) in [6.45, 7) is 3.71. The smallest absolute Gasteiger partial charge is 0.154 e. The van der Waals surface area contributed by atoms with Crippen molar-refractivity contribution < 1.29 is 0 Å². The first kappa shape index (κ1) is 12.0. The first-order chi connectivity index (χ1) is 7.97. The maximum atomic E-state index is 5.96. The van der Waals surface area contributed by atoms with Gasteiger partial charge >= 0.3 is 0 Å². The van der Waals surface area contributed by atoms with Crippen molar-refractivity contribution in [2.45, 2.75) is 13.8 Å². The van der Waals surface area contributed by atoms with Gasteiger partial charge in [0.15, 0.2) is 5.82 Å². The van der Waals surface area contributed by atoms with E-state index in [4.69, 9.17) is 29.6 Å². The Hall–Kier alpha value is -1.46. The molecular formula is C11H11ClN4S. The van der Waals surface area contributed by atoms with Crippen molar-refractivity contribution in [2.24, 2.45) is 5.73 Å². The van der Waals surface area contributed by atoms with E-state index in [9.17, 15) is 0 Å². The van der Waals surface area contributed by atoms with Crippen LogP contribution in [0.5, 0.6) is 0 Å². The second-order valence-corrected chi connectivity index (χ2v) is 4.57. The number of aromatic nitrogens is 3. The molecule has 0 bridgehead atoms. The second-order valence-electron chi connectivity index (χ2n) is 3.73. The van der Waals surface area contributed by atoms with Crippen LogP contribution < -0.4 is 5.73 Å². The Balaban J connectivity index is 2.55. The Morgan fingerprint density at radius 2 is 2.12 bits per heavy atom.